The van der Waals surface area contributed by atoms with E-state index >= 15 is 0 Å². The predicted molar refractivity (Wildman–Crippen MR) is 99.0 cm³/mol. The molecular formula is C22H22O3. The number of aliphatic hydroxyl groups excluding tert-OH is 1. The highest BCUT2D eigenvalue weighted by Crippen LogP contribution is 2.23. The normalized spacial score (nSPS) is 11.7. The Hall–Kier alpha value is -2.78. The van der Waals surface area contributed by atoms with E-state index in [1.807, 2.05) is 84.9 Å². The molecule has 0 aliphatic heterocycles. The number of rotatable bonds is 8. The molecule has 3 aromatic carbocycles. The number of aliphatic hydroxyl groups is 1. The van der Waals surface area contributed by atoms with Crippen LogP contribution in [-0.4, -0.2) is 18.3 Å². The molecule has 3 rings (SSSR count). The maximum Gasteiger partial charge on any atom is 0.119 e. The molecule has 1 atom stereocenters. The standard InChI is InChI=1S/C22H22O3/c23-22(18-8-3-1-4-9-18)19-12-14-21(15-13-19)25-17-7-16-24-20-10-5-2-6-11-20/h1-6,8-15,22-23H,7,16-17H2. The molecule has 0 aliphatic rings. The van der Waals surface area contributed by atoms with Crippen LogP contribution in [0.5, 0.6) is 11.5 Å². The van der Waals surface area contributed by atoms with Crippen molar-refractivity contribution in [1.29, 1.82) is 0 Å². The van der Waals surface area contributed by atoms with Crippen LogP contribution in [0.2, 0.25) is 0 Å². The van der Waals surface area contributed by atoms with E-state index in [0.717, 1.165) is 29.0 Å². The van der Waals surface area contributed by atoms with Gasteiger partial charge in [0.1, 0.15) is 17.6 Å². The van der Waals surface area contributed by atoms with Gasteiger partial charge in [-0.3, -0.25) is 0 Å². The third-order valence-corrected chi connectivity index (χ3v) is 3.88. The maximum absolute atomic E-state index is 10.4. The lowest BCUT2D eigenvalue weighted by Crippen LogP contribution is -2.05. The second-order valence-electron chi connectivity index (χ2n) is 5.75. The highest BCUT2D eigenvalue weighted by Gasteiger charge is 2.09. The Morgan fingerprint density at radius 1 is 0.600 bits per heavy atom. The van der Waals surface area contributed by atoms with Crippen molar-refractivity contribution in [3.05, 3.63) is 96.1 Å². The first-order valence-corrected chi connectivity index (χ1v) is 8.46. The molecule has 0 bridgehead atoms. The molecule has 1 N–H and O–H groups in total. The zero-order chi connectivity index (χ0) is 17.3. The molecule has 0 aromatic heterocycles. The van der Waals surface area contributed by atoms with Crippen LogP contribution in [0.15, 0.2) is 84.9 Å². The molecule has 0 heterocycles. The largest absolute Gasteiger partial charge is 0.493 e. The van der Waals surface area contributed by atoms with Gasteiger partial charge in [-0.2, -0.15) is 0 Å². The van der Waals surface area contributed by atoms with Crippen LogP contribution in [0, 0.1) is 0 Å². The number of para-hydroxylation sites is 1. The lowest BCUT2D eigenvalue weighted by atomic mass is 10.0. The van der Waals surface area contributed by atoms with Crippen LogP contribution in [0.25, 0.3) is 0 Å². The summed E-state index contributed by atoms with van der Waals surface area (Å²) >= 11 is 0. The summed E-state index contributed by atoms with van der Waals surface area (Å²) in [7, 11) is 0. The summed E-state index contributed by atoms with van der Waals surface area (Å²) in [6, 6.07) is 27.0. The molecule has 0 aliphatic carbocycles. The quantitative estimate of drug-likeness (QED) is 0.611. The second kappa shape index (κ2) is 8.90. The number of benzene rings is 3. The molecule has 3 aromatic rings. The van der Waals surface area contributed by atoms with Crippen molar-refractivity contribution in [2.75, 3.05) is 13.2 Å². The van der Waals surface area contributed by atoms with E-state index in [2.05, 4.69) is 0 Å². The van der Waals surface area contributed by atoms with Gasteiger partial charge in [0, 0.05) is 6.42 Å². The Bertz CT molecular complexity index is 739. The van der Waals surface area contributed by atoms with Crippen molar-refractivity contribution in [3.63, 3.8) is 0 Å². The van der Waals surface area contributed by atoms with E-state index in [1.165, 1.54) is 0 Å². The van der Waals surface area contributed by atoms with Gasteiger partial charge in [-0.25, -0.2) is 0 Å². The van der Waals surface area contributed by atoms with E-state index < -0.39 is 6.10 Å². The first-order valence-electron chi connectivity index (χ1n) is 8.46. The van der Waals surface area contributed by atoms with Crippen molar-refractivity contribution < 1.29 is 14.6 Å². The fourth-order valence-electron chi connectivity index (χ4n) is 2.53. The van der Waals surface area contributed by atoms with Gasteiger partial charge in [0.25, 0.3) is 0 Å². The average Bonchev–Trinajstić information content (AvgIpc) is 2.69. The van der Waals surface area contributed by atoms with E-state index in [4.69, 9.17) is 9.47 Å². The molecule has 0 amide bonds. The number of hydrogen-bond acceptors (Lipinski definition) is 3. The first kappa shape index (κ1) is 17.1. The summed E-state index contributed by atoms with van der Waals surface area (Å²) in [6.45, 7) is 1.21. The van der Waals surface area contributed by atoms with Crippen molar-refractivity contribution in [2.45, 2.75) is 12.5 Å². The molecule has 0 saturated heterocycles. The minimum absolute atomic E-state index is 0.591. The Morgan fingerprint density at radius 2 is 1.08 bits per heavy atom. The smallest absolute Gasteiger partial charge is 0.119 e. The Kier molecular flexibility index (Phi) is 6.07. The van der Waals surface area contributed by atoms with Crippen LogP contribution in [-0.2, 0) is 0 Å². The van der Waals surface area contributed by atoms with Gasteiger partial charge in [-0.1, -0.05) is 60.7 Å². The van der Waals surface area contributed by atoms with Gasteiger partial charge < -0.3 is 14.6 Å². The Labute approximate surface area is 148 Å². The first-order chi connectivity index (χ1) is 12.3. The number of hydrogen-bond donors (Lipinski definition) is 1. The predicted octanol–water partition coefficient (Wildman–Crippen LogP) is 4.62. The van der Waals surface area contributed by atoms with Gasteiger partial charge in [0.2, 0.25) is 0 Å². The highest BCUT2D eigenvalue weighted by atomic mass is 16.5. The summed E-state index contributed by atoms with van der Waals surface area (Å²) in [5.41, 5.74) is 1.74. The van der Waals surface area contributed by atoms with Crippen LogP contribution < -0.4 is 9.47 Å². The van der Waals surface area contributed by atoms with E-state index in [9.17, 15) is 5.11 Å². The van der Waals surface area contributed by atoms with Crippen LogP contribution >= 0.6 is 0 Å². The lowest BCUT2D eigenvalue weighted by Gasteiger charge is -2.12. The van der Waals surface area contributed by atoms with E-state index in [-0.39, 0.29) is 0 Å². The minimum Gasteiger partial charge on any atom is -0.493 e. The van der Waals surface area contributed by atoms with Gasteiger partial charge in [-0.15, -0.1) is 0 Å². The average molecular weight is 334 g/mol. The van der Waals surface area contributed by atoms with Crippen LogP contribution in [0.1, 0.15) is 23.7 Å². The van der Waals surface area contributed by atoms with Crippen molar-refractivity contribution in [1.82, 2.24) is 0 Å². The fourth-order valence-corrected chi connectivity index (χ4v) is 2.53. The summed E-state index contributed by atoms with van der Waals surface area (Å²) in [6.07, 6.45) is 0.193. The third-order valence-electron chi connectivity index (χ3n) is 3.88. The van der Waals surface area contributed by atoms with E-state index in [0.29, 0.717) is 13.2 Å². The molecular weight excluding hydrogens is 312 g/mol. The van der Waals surface area contributed by atoms with Gasteiger partial charge in [-0.05, 0) is 35.4 Å². The summed E-state index contributed by atoms with van der Waals surface area (Å²) < 4.78 is 11.4. The third kappa shape index (κ3) is 5.10. The zero-order valence-corrected chi connectivity index (χ0v) is 14.0. The zero-order valence-electron chi connectivity index (χ0n) is 14.0. The molecule has 0 radical (unpaired) electrons. The van der Waals surface area contributed by atoms with Crippen molar-refractivity contribution >= 4 is 0 Å². The van der Waals surface area contributed by atoms with E-state index in [1.54, 1.807) is 0 Å². The monoisotopic (exact) mass is 334 g/mol. The molecule has 0 spiro atoms. The van der Waals surface area contributed by atoms with Crippen LogP contribution in [0.4, 0.5) is 0 Å². The minimum atomic E-state index is -0.616. The SMILES string of the molecule is OC(c1ccccc1)c1ccc(OCCCOc2ccccc2)cc1. The molecule has 128 valence electrons. The molecule has 0 saturated carbocycles. The molecule has 0 fully saturated rings. The number of ether oxygens (including phenoxy) is 2. The molecule has 3 heteroatoms. The lowest BCUT2D eigenvalue weighted by molar-refractivity contribution is 0.220. The Balaban J connectivity index is 1.43. The van der Waals surface area contributed by atoms with Crippen LogP contribution in [0.3, 0.4) is 0 Å². The fraction of sp³-hybridized carbons (Fsp3) is 0.182. The summed E-state index contributed by atoms with van der Waals surface area (Å²) in [5.74, 6) is 1.67. The van der Waals surface area contributed by atoms with Gasteiger partial charge in [0.05, 0.1) is 13.2 Å². The molecule has 3 nitrogen and oxygen atoms in total. The summed E-state index contributed by atoms with van der Waals surface area (Å²) in [5, 5.41) is 10.4. The highest BCUT2D eigenvalue weighted by molar-refractivity contribution is 5.34. The summed E-state index contributed by atoms with van der Waals surface area (Å²) in [4.78, 5) is 0. The Morgan fingerprint density at radius 3 is 1.68 bits per heavy atom. The molecule has 1 unspecified atom stereocenters. The maximum atomic E-state index is 10.4. The molecule has 25 heavy (non-hydrogen) atoms. The van der Waals surface area contributed by atoms with Crippen molar-refractivity contribution in [2.24, 2.45) is 0 Å². The van der Waals surface area contributed by atoms with Gasteiger partial charge >= 0.3 is 0 Å². The van der Waals surface area contributed by atoms with Crippen molar-refractivity contribution in [3.8, 4) is 11.5 Å². The topological polar surface area (TPSA) is 38.7 Å². The second-order valence-corrected chi connectivity index (χ2v) is 5.75. The van der Waals surface area contributed by atoms with Gasteiger partial charge in [0.15, 0.2) is 0 Å².